The predicted octanol–water partition coefficient (Wildman–Crippen LogP) is 4.77. The van der Waals surface area contributed by atoms with Crippen LogP contribution in [0.3, 0.4) is 0 Å². The predicted molar refractivity (Wildman–Crippen MR) is 211 cm³/mol. The highest BCUT2D eigenvalue weighted by Crippen LogP contribution is 2.42. The molecule has 0 radical (unpaired) electrons. The number of hydrogen-bond donors (Lipinski definition) is 4. The van der Waals surface area contributed by atoms with Gasteiger partial charge in [-0.3, -0.25) is 0 Å². The molecule has 0 bridgehead atoms. The zero-order valence-corrected chi connectivity index (χ0v) is 34.4. The van der Waals surface area contributed by atoms with Crippen molar-refractivity contribution >= 4 is 0 Å². The van der Waals surface area contributed by atoms with Gasteiger partial charge >= 0.3 is 0 Å². The largest absolute Gasteiger partial charge is 0.496 e. The second-order valence-corrected chi connectivity index (χ2v) is 14.2. The Bertz CT molecular complexity index is 1750. The Hall–Kier alpha value is -3.73. The number of rotatable bonds is 12. The molecule has 3 aromatic rings. The van der Waals surface area contributed by atoms with Gasteiger partial charge < -0.3 is 64.9 Å². The van der Waals surface area contributed by atoms with E-state index in [1.165, 1.54) is 0 Å². The number of methoxy groups -OCH3 is 6. The Morgan fingerprint density at radius 1 is 0.607 bits per heavy atom. The molecule has 5 atom stereocenters. The van der Waals surface area contributed by atoms with E-state index in [9.17, 15) is 9.50 Å². The van der Waals surface area contributed by atoms with Crippen LogP contribution in [0.1, 0.15) is 83.1 Å². The Morgan fingerprint density at radius 3 is 1.45 bits per heavy atom. The van der Waals surface area contributed by atoms with E-state index in [1.807, 2.05) is 26.0 Å². The maximum Gasteiger partial charge on any atom is 0.132 e. The lowest BCUT2D eigenvalue weighted by molar-refractivity contribution is 0.0804. The molecule has 3 aromatic carbocycles. The lowest BCUT2D eigenvalue weighted by Gasteiger charge is -2.28. The van der Waals surface area contributed by atoms with Gasteiger partial charge in [-0.1, -0.05) is 0 Å². The molecule has 0 aromatic heterocycles. The minimum Gasteiger partial charge on any atom is -0.496 e. The van der Waals surface area contributed by atoms with Crippen molar-refractivity contribution in [1.29, 1.82) is 0 Å². The Labute approximate surface area is 330 Å². The van der Waals surface area contributed by atoms with Crippen molar-refractivity contribution in [3.8, 4) is 28.7 Å². The van der Waals surface area contributed by atoms with Crippen molar-refractivity contribution in [2.45, 2.75) is 96.6 Å². The summed E-state index contributed by atoms with van der Waals surface area (Å²) in [6, 6.07) is 4.94. The number of aliphatic hydroxyl groups is 1. The maximum absolute atomic E-state index is 14.2. The van der Waals surface area contributed by atoms with Crippen LogP contribution in [0.25, 0.3) is 0 Å². The number of fused-ring (bicyclic) bond motifs is 3. The van der Waals surface area contributed by atoms with E-state index in [4.69, 9.17) is 59.8 Å². The third kappa shape index (κ3) is 10.2. The van der Waals surface area contributed by atoms with Gasteiger partial charge in [0.25, 0.3) is 0 Å². The minimum absolute atomic E-state index is 0.0724. The lowest BCUT2D eigenvalue weighted by atomic mass is 9.93. The minimum atomic E-state index is -0.795. The first-order valence-electron chi connectivity index (χ1n) is 19.0. The maximum atomic E-state index is 14.2. The molecule has 7 N–H and O–H groups in total. The highest BCUT2D eigenvalue weighted by Gasteiger charge is 2.29. The molecular weight excluding hydrogens is 725 g/mol. The van der Waals surface area contributed by atoms with Crippen molar-refractivity contribution in [2.75, 3.05) is 62.5 Å². The first kappa shape index (κ1) is 45.0. The first-order chi connectivity index (χ1) is 26.9. The van der Waals surface area contributed by atoms with E-state index in [-0.39, 0.29) is 30.0 Å². The highest BCUT2D eigenvalue weighted by atomic mass is 19.1. The fourth-order valence-electron chi connectivity index (χ4n) is 7.48. The van der Waals surface area contributed by atoms with Gasteiger partial charge in [0, 0.05) is 69.7 Å². The van der Waals surface area contributed by atoms with Crippen LogP contribution in [0.2, 0.25) is 0 Å². The van der Waals surface area contributed by atoms with Crippen LogP contribution in [0.15, 0.2) is 18.2 Å². The van der Waals surface area contributed by atoms with Crippen molar-refractivity contribution in [3.05, 3.63) is 74.1 Å². The van der Waals surface area contributed by atoms with Crippen molar-refractivity contribution < 1.29 is 52.1 Å². The van der Waals surface area contributed by atoms with Crippen molar-refractivity contribution in [3.63, 3.8) is 0 Å². The van der Waals surface area contributed by atoms with Crippen LogP contribution in [-0.4, -0.2) is 85.7 Å². The molecule has 3 heterocycles. The Kier molecular flexibility index (Phi) is 17.0. The third-order valence-corrected chi connectivity index (χ3v) is 10.2. The van der Waals surface area contributed by atoms with E-state index in [2.05, 4.69) is 0 Å². The molecule has 312 valence electrons. The van der Waals surface area contributed by atoms with Gasteiger partial charge in [0.2, 0.25) is 0 Å². The van der Waals surface area contributed by atoms with Crippen LogP contribution in [0.5, 0.6) is 28.7 Å². The zero-order valence-electron chi connectivity index (χ0n) is 34.4. The zero-order chi connectivity index (χ0) is 41.1. The Balaban J connectivity index is 0.000000187. The average molecular weight is 788 g/mol. The van der Waals surface area contributed by atoms with E-state index >= 15 is 0 Å². The summed E-state index contributed by atoms with van der Waals surface area (Å²) in [5.74, 6) is 3.62. The van der Waals surface area contributed by atoms with Crippen LogP contribution in [0, 0.1) is 5.82 Å². The molecular formula is C42H62FN3O10. The quantitative estimate of drug-likeness (QED) is 0.197. The standard InChI is InChI=1S/C15H23NO4.C14H21NO4.C13H18FNO2/c1-9(16)14(18-3)11-7-13(17-2)10-5-6-20-8-12(10)15(11)19-4;1-8(15)13(16)10-6-12(17-2)9-4-5-19-7-11(9)14(10)18-3;1-8(15)5-9-6-12(16-2)10-3-4-17-7-11(10)13(9)14/h7,9,14H,5-6,8,16H2,1-4H3;6,8,13,16H,4-5,7,15H2,1-3H3;6,8H,3-5,7,15H2,1-2H3. The second-order valence-electron chi connectivity index (χ2n) is 14.2. The van der Waals surface area contributed by atoms with Gasteiger partial charge in [0.15, 0.2) is 0 Å². The molecule has 0 aliphatic carbocycles. The molecule has 13 nitrogen and oxygen atoms in total. The van der Waals surface area contributed by atoms with Crippen molar-refractivity contribution in [1.82, 2.24) is 0 Å². The number of nitrogens with two attached hydrogens (primary N) is 3. The molecule has 14 heteroatoms. The SMILES string of the molecule is COc1cc(C(O)C(C)N)c(OC)c2c1CCOC2.COc1cc(C(OC)C(C)N)c(OC)c2c1CCOC2.COc1cc(CC(C)N)c(F)c2c1CCOC2. The van der Waals surface area contributed by atoms with Crippen LogP contribution in [-0.2, 0) is 64.5 Å². The van der Waals surface area contributed by atoms with E-state index in [0.29, 0.717) is 74.9 Å². The number of hydrogen-bond acceptors (Lipinski definition) is 13. The van der Waals surface area contributed by atoms with E-state index < -0.39 is 6.10 Å². The van der Waals surface area contributed by atoms with Gasteiger partial charge in [-0.25, -0.2) is 4.39 Å². The van der Waals surface area contributed by atoms with E-state index in [1.54, 1.807) is 55.6 Å². The monoisotopic (exact) mass is 787 g/mol. The molecule has 3 aliphatic heterocycles. The molecule has 3 aliphatic rings. The van der Waals surface area contributed by atoms with Gasteiger partial charge in [0.1, 0.15) is 40.7 Å². The summed E-state index contributed by atoms with van der Waals surface area (Å²) in [6.45, 7) is 8.84. The topological polar surface area (TPSA) is 181 Å². The Morgan fingerprint density at radius 2 is 1.04 bits per heavy atom. The van der Waals surface area contributed by atoms with Gasteiger partial charge in [0.05, 0.1) is 81.3 Å². The van der Waals surface area contributed by atoms with Gasteiger partial charge in [-0.05, 0) is 70.2 Å². The number of ether oxygens (including phenoxy) is 9. The summed E-state index contributed by atoms with van der Waals surface area (Å²) >= 11 is 0. The fraction of sp³-hybridized carbons (Fsp3) is 0.571. The lowest BCUT2D eigenvalue weighted by Crippen LogP contribution is -2.27. The third-order valence-electron chi connectivity index (χ3n) is 10.2. The summed E-state index contributed by atoms with van der Waals surface area (Å²) in [7, 11) is 9.81. The molecule has 0 saturated heterocycles. The summed E-state index contributed by atoms with van der Waals surface area (Å²) in [6.07, 6.45) is 1.78. The van der Waals surface area contributed by atoms with Gasteiger partial charge in [-0.2, -0.15) is 0 Å². The smallest absolute Gasteiger partial charge is 0.132 e. The molecule has 0 amide bonds. The summed E-state index contributed by atoms with van der Waals surface area (Å²) in [5, 5.41) is 10.2. The number of halogens is 1. The molecule has 5 unspecified atom stereocenters. The molecule has 6 rings (SSSR count). The molecule has 0 fully saturated rings. The summed E-state index contributed by atoms with van der Waals surface area (Å²) in [5.41, 5.74) is 25.5. The van der Waals surface area contributed by atoms with Crippen molar-refractivity contribution in [2.24, 2.45) is 17.2 Å². The molecule has 0 spiro atoms. The average Bonchev–Trinajstić information content (AvgIpc) is 3.21. The molecule has 0 saturated carbocycles. The second kappa shape index (κ2) is 21.1. The molecule has 56 heavy (non-hydrogen) atoms. The highest BCUT2D eigenvalue weighted by molar-refractivity contribution is 5.56. The van der Waals surface area contributed by atoms with Gasteiger partial charge in [-0.15, -0.1) is 0 Å². The van der Waals surface area contributed by atoms with Crippen LogP contribution < -0.4 is 40.9 Å². The van der Waals surface area contributed by atoms with Crippen LogP contribution in [0.4, 0.5) is 4.39 Å². The summed E-state index contributed by atoms with van der Waals surface area (Å²) < 4.78 is 63.5. The first-order valence-corrected chi connectivity index (χ1v) is 19.0. The normalized spacial score (nSPS) is 17.1. The number of aliphatic hydroxyl groups excluding tert-OH is 1. The number of benzene rings is 3. The fourth-order valence-corrected chi connectivity index (χ4v) is 7.48. The van der Waals surface area contributed by atoms with Crippen LogP contribution >= 0.6 is 0 Å². The summed E-state index contributed by atoms with van der Waals surface area (Å²) in [4.78, 5) is 0. The van der Waals surface area contributed by atoms with E-state index in [0.717, 1.165) is 69.2 Å².